The minimum absolute atomic E-state index is 0.666. The average molecular weight is 157 g/mol. The van der Waals surface area contributed by atoms with E-state index in [0.29, 0.717) is 12.0 Å². The molecule has 1 saturated heterocycles. The minimum Gasteiger partial charge on any atom is -0.380 e. The molecule has 1 heterocycles. The molecule has 1 aliphatic rings. The Bertz CT molecular complexity index is 114. The first-order chi connectivity index (χ1) is 5.20. The molecule has 2 heteroatoms. The highest BCUT2D eigenvalue weighted by atomic mass is 16.5. The smallest absolute Gasteiger partial charge is 0.0593 e. The predicted molar refractivity (Wildman–Crippen MR) is 46.7 cm³/mol. The van der Waals surface area contributed by atoms with E-state index in [-0.39, 0.29) is 0 Å². The summed E-state index contributed by atoms with van der Waals surface area (Å²) in [5, 5.41) is 0. The Hall–Kier alpha value is -0.0800. The molecule has 0 aromatic heterocycles. The van der Waals surface area contributed by atoms with Crippen molar-refractivity contribution in [1.82, 2.24) is 4.90 Å². The molecule has 0 saturated carbocycles. The van der Waals surface area contributed by atoms with Crippen LogP contribution in [-0.4, -0.2) is 37.2 Å². The summed E-state index contributed by atoms with van der Waals surface area (Å²) in [6.07, 6.45) is 0. The van der Waals surface area contributed by atoms with Crippen LogP contribution >= 0.6 is 0 Å². The number of rotatable bonds is 1. The molecule has 66 valence electrons. The van der Waals surface area contributed by atoms with E-state index in [2.05, 4.69) is 25.7 Å². The molecule has 0 aromatic carbocycles. The van der Waals surface area contributed by atoms with E-state index in [0.717, 1.165) is 19.8 Å². The topological polar surface area (TPSA) is 12.5 Å². The highest BCUT2D eigenvalue weighted by Crippen LogP contribution is 2.08. The summed E-state index contributed by atoms with van der Waals surface area (Å²) in [6, 6.07) is 0.666. The Morgan fingerprint density at radius 3 is 2.82 bits per heavy atom. The molecular formula is C9H19NO. The molecule has 1 atom stereocenters. The molecule has 0 spiro atoms. The summed E-state index contributed by atoms with van der Waals surface area (Å²) in [5.41, 5.74) is 0. The molecule has 2 nitrogen and oxygen atoms in total. The van der Waals surface area contributed by atoms with Gasteiger partial charge in [0.1, 0.15) is 0 Å². The second kappa shape index (κ2) is 4.07. The second-order valence-corrected chi connectivity index (χ2v) is 3.77. The lowest BCUT2D eigenvalue weighted by atomic mass is 10.1. The van der Waals surface area contributed by atoms with Crippen molar-refractivity contribution in [3.63, 3.8) is 0 Å². The third kappa shape index (κ3) is 2.80. The lowest BCUT2D eigenvalue weighted by molar-refractivity contribution is 0.124. The normalized spacial score (nSPS) is 28.9. The molecule has 1 aliphatic heterocycles. The monoisotopic (exact) mass is 157 g/mol. The zero-order chi connectivity index (χ0) is 8.27. The fourth-order valence-corrected chi connectivity index (χ4v) is 1.48. The quantitative estimate of drug-likeness (QED) is 0.570. The van der Waals surface area contributed by atoms with Gasteiger partial charge >= 0.3 is 0 Å². The van der Waals surface area contributed by atoms with Crippen LogP contribution in [-0.2, 0) is 4.74 Å². The molecule has 11 heavy (non-hydrogen) atoms. The van der Waals surface area contributed by atoms with Gasteiger partial charge in [0.25, 0.3) is 0 Å². The third-order valence-corrected chi connectivity index (χ3v) is 2.20. The summed E-state index contributed by atoms with van der Waals surface area (Å²) in [5.74, 6) is 0.694. The van der Waals surface area contributed by atoms with Crippen molar-refractivity contribution in [2.24, 2.45) is 5.92 Å². The fourth-order valence-electron chi connectivity index (χ4n) is 1.48. The van der Waals surface area contributed by atoms with Crippen LogP contribution in [0.2, 0.25) is 0 Å². The van der Waals surface area contributed by atoms with Gasteiger partial charge in [-0.1, -0.05) is 6.92 Å². The molecular weight excluding hydrogens is 138 g/mol. The van der Waals surface area contributed by atoms with Crippen LogP contribution in [0.1, 0.15) is 20.8 Å². The summed E-state index contributed by atoms with van der Waals surface area (Å²) >= 11 is 0. The maximum Gasteiger partial charge on any atom is 0.0593 e. The van der Waals surface area contributed by atoms with Crippen LogP contribution < -0.4 is 0 Å². The van der Waals surface area contributed by atoms with Crippen LogP contribution in [0.4, 0.5) is 0 Å². The van der Waals surface area contributed by atoms with Gasteiger partial charge in [-0.05, 0) is 19.8 Å². The molecule has 0 bridgehead atoms. The zero-order valence-electron chi connectivity index (χ0n) is 7.84. The van der Waals surface area contributed by atoms with Crippen molar-refractivity contribution in [2.75, 3.05) is 26.3 Å². The van der Waals surface area contributed by atoms with Gasteiger partial charge in [-0.2, -0.15) is 0 Å². The Morgan fingerprint density at radius 2 is 2.18 bits per heavy atom. The lowest BCUT2D eigenvalue weighted by Crippen LogP contribution is -2.35. The van der Waals surface area contributed by atoms with E-state index in [9.17, 15) is 0 Å². The van der Waals surface area contributed by atoms with Crippen molar-refractivity contribution in [3.8, 4) is 0 Å². The first kappa shape index (κ1) is 9.01. The van der Waals surface area contributed by atoms with Crippen molar-refractivity contribution in [3.05, 3.63) is 0 Å². The van der Waals surface area contributed by atoms with E-state index in [4.69, 9.17) is 4.74 Å². The molecule has 0 radical (unpaired) electrons. The van der Waals surface area contributed by atoms with Crippen molar-refractivity contribution >= 4 is 0 Å². The van der Waals surface area contributed by atoms with E-state index in [1.807, 2.05) is 0 Å². The largest absolute Gasteiger partial charge is 0.380 e. The van der Waals surface area contributed by atoms with E-state index < -0.39 is 0 Å². The van der Waals surface area contributed by atoms with Gasteiger partial charge in [0.15, 0.2) is 0 Å². The average Bonchev–Trinajstić information content (AvgIpc) is 2.13. The Kier molecular flexibility index (Phi) is 3.34. The molecule has 1 rings (SSSR count). The van der Waals surface area contributed by atoms with Crippen LogP contribution in [0, 0.1) is 5.92 Å². The Morgan fingerprint density at radius 1 is 1.45 bits per heavy atom. The van der Waals surface area contributed by atoms with E-state index in [1.165, 1.54) is 6.54 Å². The Balaban J connectivity index is 2.39. The number of ether oxygens (including phenoxy) is 1. The standard InChI is InChI=1S/C9H19NO/c1-8(2)10-4-5-11-7-9(3)6-10/h8-9H,4-7H2,1-3H3. The van der Waals surface area contributed by atoms with Gasteiger partial charge in [-0.3, -0.25) is 4.90 Å². The second-order valence-electron chi connectivity index (χ2n) is 3.77. The summed E-state index contributed by atoms with van der Waals surface area (Å²) in [6.45, 7) is 10.9. The van der Waals surface area contributed by atoms with Gasteiger partial charge in [-0.25, -0.2) is 0 Å². The van der Waals surface area contributed by atoms with E-state index in [1.54, 1.807) is 0 Å². The van der Waals surface area contributed by atoms with Crippen LogP contribution in [0.3, 0.4) is 0 Å². The molecule has 0 N–H and O–H groups in total. The molecule has 0 aliphatic carbocycles. The maximum atomic E-state index is 5.45. The molecule has 0 aromatic rings. The van der Waals surface area contributed by atoms with E-state index >= 15 is 0 Å². The number of hydrogen-bond donors (Lipinski definition) is 0. The molecule has 1 unspecified atom stereocenters. The fraction of sp³-hybridized carbons (Fsp3) is 1.00. The zero-order valence-corrected chi connectivity index (χ0v) is 7.84. The number of hydrogen-bond acceptors (Lipinski definition) is 2. The predicted octanol–water partition coefficient (Wildman–Crippen LogP) is 1.36. The van der Waals surface area contributed by atoms with Crippen molar-refractivity contribution in [2.45, 2.75) is 26.8 Å². The summed E-state index contributed by atoms with van der Waals surface area (Å²) in [4.78, 5) is 2.48. The summed E-state index contributed by atoms with van der Waals surface area (Å²) in [7, 11) is 0. The SMILES string of the molecule is CC1COCCN(C(C)C)C1. The van der Waals surface area contributed by atoms with Gasteiger partial charge in [0.2, 0.25) is 0 Å². The molecule has 0 amide bonds. The maximum absolute atomic E-state index is 5.45. The molecule has 1 fully saturated rings. The van der Waals surface area contributed by atoms with Gasteiger partial charge in [0, 0.05) is 19.1 Å². The van der Waals surface area contributed by atoms with Gasteiger partial charge < -0.3 is 4.74 Å². The summed E-state index contributed by atoms with van der Waals surface area (Å²) < 4.78 is 5.45. The first-order valence-corrected chi connectivity index (χ1v) is 4.52. The van der Waals surface area contributed by atoms with Crippen LogP contribution in [0.15, 0.2) is 0 Å². The van der Waals surface area contributed by atoms with Crippen LogP contribution in [0.25, 0.3) is 0 Å². The number of nitrogens with zero attached hydrogens (tertiary/aromatic N) is 1. The van der Waals surface area contributed by atoms with Gasteiger partial charge in [0.05, 0.1) is 13.2 Å². The van der Waals surface area contributed by atoms with Crippen LogP contribution in [0.5, 0.6) is 0 Å². The highest BCUT2D eigenvalue weighted by Gasteiger charge is 2.16. The lowest BCUT2D eigenvalue weighted by Gasteiger charge is -2.25. The Labute approximate surface area is 69.5 Å². The first-order valence-electron chi connectivity index (χ1n) is 4.52. The van der Waals surface area contributed by atoms with Crippen molar-refractivity contribution in [1.29, 1.82) is 0 Å². The third-order valence-electron chi connectivity index (χ3n) is 2.20. The van der Waals surface area contributed by atoms with Crippen molar-refractivity contribution < 1.29 is 4.74 Å². The highest BCUT2D eigenvalue weighted by molar-refractivity contribution is 4.68. The minimum atomic E-state index is 0.666. The van der Waals surface area contributed by atoms with Gasteiger partial charge in [-0.15, -0.1) is 0 Å².